The van der Waals surface area contributed by atoms with Crippen LogP contribution in [0.4, 0.5) is 11.5 Å². The van der Waals surface area contributed by atoms with E-state index in [-0.39, 0.29) is 0 Å². The summed E-state index contributed by atoms with van der Waals surface area (Å²) in [5, 5.41) is 3.80. The first-order chi connectivity index (χ1) is 8.60. The molecule has 0 unspecified atom stereocenters. The quantitative estimate of drug-likeness (QED) is 0.642. The Balaban J connectivity index is 2.36. The van der Waals surface area contributed by atoms with Crippen molar-refractivity contribution in [1.29, 1.82) is 0 Å². The van der Waals surface area contributed by atoms with Gasteiger partial charge in [-0.15, -0.1) is 0 Å². The summed E-state index contributed by atoms with van der Waals surface area (Å²) in [6, 6.07) is 8.11. The van der Waals surface area contributed by atoms with Gasteiger partial charge in [0.25, 0.3) is 0 Å². The lowest BCUT2D eigenvalue weighted by atomic mass is 10.3. The Hall–Kier alpha value is -0.880. The number of aryl methyl sites for hydroxylation is 1. The minimum atomic E-state index is 0.509. The van der Waals surface area contributed by atoms with E-state index in [2.05, 4.69) is 43.9 Å². The average molecular weight is 374 g/mol. The molecule has 1 N–H and O–H groups in total. The molecule has 0 atom stereocenters. The first-order valence-electron chi connectivity index (χ1n) is 5.65. The molecule has 0 spiro atoms. The third-order valence-electron chi connectivity index (χ3n) is 2.54. The van der Waals surface area contributed by atoms with Gasteiger partial charge in [-0.2, -0.15) is 0 Å². The summed E-state index contributed by atoms with van der Waals surface area (Å²) in [6.07, 6.45) is 0.765. The van der Waals surface area contributed by atoms with Crippen molar-refractivity contribution >= 4 is 45.7 Å². The highest BCUT2D eigenvalue weighted by Gasteiger charge is 2.08. The molecule has 3 nitrogen and oxygen atoms in total. The predicted molar refractivity (Wildman–Crippen MR) is 83.6 cm³/mol. The average Bonchev–Trinajstić information content (AvgIpc) is 2.34. The van der Waals surface area contributed by atoms with E-state index in [4.69, 9.17) is 11.6 Å². The van der Waals surface area contributed by atoms with Crippen LogP contribution >= 0.6 is 34.2 Å². The topological polar surface area (TPSA) is 37.8 Å². The fourth-order valence-corrected chi connectivity index (χ4v) is 2.25. The van der Waals surface area contributed by atoms with Crippen LogP contribution in [0.3, 0.4) is 0 Å². The summed E-state index contributed by atoms with van der Waals surface area (Å²) in [7, 11) is 0. The Labute approximate surface area is 125 Å². The van der Waals surface area contributed by atoms with E-state index in [0.717, 1.165) is 29.3 Å². The lowest BCUT2D eigenvalue weighted by Gasteiger charge is -2.11. The molecule has 0 aliphatic heterocycles. The molecule has 0 aliphatic rings. The zero-order chi connectivity index (χ0) is 13.1. The van der Waals surface area contributed by atoms with Crippen molar-refractivity contribution in [2.24, 2.45) is 0 Å². The number of anilines is 2. The highest BCUT2D eigenvalue weighted by Crippen LogP contribution is 2.24. The number of aromatic nitrogens is 2. The van der Waals surface area contributed by atoms with Gasteiger partial charge in [0.2, 0.25) is 0 Å². The van der Waals surface area contributed by atoms with Crippen LogP contribution in [0.2, 0.25) is 5.15 Å². The molecule has 0 bridgehead atoms. The Morgan fingerprint density at radius 1 is 1.33 bits per heavy atom. The second-order valence-corrected chi connectivity index (χ2v) is 5.50. The Kier molecular flexibility index (Phi) is 4.40. The van der Waals surface area contributed by atoms with Gasteiger partial charge in [0.15, 0.2) is 0 Å². The molecular weight excluding hydrogens is 361 g/mol. The van der Waals surface area contributed by atoms with Crippen LogP contribution in [-0.4, -0.2) is 9.97 Å². The Bertz CT molecular complexity index is 572. The molecule has 5 heteroatoms. The summed E-state index contributed by atoms with van der Waals surface area (Å²) >= 11 is 8.38. The van der Waals surface area contributed by atoms with Gasteiger partial charge < -0.3 is 5.32 Å². The fraction of sp³-hybridized carbons (Fsp3) is 0.231. The maximum absolute atomic E-state index is 6.10. The number of hydrogen-bond acceptors (Lipinski definition) is 3. The minimum absolute atomic E-state index is 0.509. The highest BCUT2D eigenvalue weighted by molar-refractivity contribution is 14.1. The van der Waals surface area contributed by atoms with Crippen LogP contribution in [-0.2, 0) is 6.42 Å². The van der Waals surface area contributed by atoms with Crippen LogP contribution in [0, 0.1) is 10.5 Å². The standard InChI is InChI=1S/C13H13ClIN3/c1-3-11-17-12(14)8(2)13(18-11)16-10-6-4-5-9(15)7-10/h4-7H,3H2,1-2H3,(H,16,17,18). The predicted octanol–water partition coefficient (Wildman–Crippen LogP) is 4.35. The monoisotopic (exact) mass is 373 g/mol. The second-order valence-electron chi connectivity index (χ2n) is 3.89. The molecule has 0 amide bonds. The van der Waals surface area contributed by atoms with Gasteiger partial charge in [0.1, 0.15) is 16.8 Å². The summed E-state index contributed by atoms with van der Waals surface area (Å²) in [6.45, 7) is 3.92. The van der Waals surface area contributed by atoms with Gasteiger partial charge in [-0.25, -0.2) is 9.97 Å². The molecular formula is C13H13ClIN3. The third kappa shape index (κ3) is 3.11. The normalized spacial score (nSPS) is 10.4. The molecule has 1 aromatic heterocycles. The van der Waals surface area contributed by atoms with E-state index < -0.39 is 0 Å². The maximum Gasteiger partial charge on any atom is 0.138 e. The van der Waals surface area contributed by atoms with Crippen molar-refractivity contribution in [3.63, 3.8) is 0 Å². The number of nitrogens with one attached hydrogen (secondary N) is 1. The molecule has 2 rings (SSSR count). The number of rotatable bonds is 3. The van der Waals surface area contributed by atoms with E-state index in [9.17, 15) is 0 Å². The number of nitrogens with zero attached hydrogens (tertiary/aromatic N) is 2. The maximum atomic E-state index is 6.10. The van der Waals surface area contributed by atoms with Crippen LogP contribution in [0.25, 0.3) is 0 Å². The van der Waals surface area contributed by atoms with E-state index in [1.54, 1.807) is 0 Å². The summed E-state index contributed by atoms with van der Waals surface area (Å²) in [5.74, 6) is 1.52. The zero-order valence-electron chi connectivity index (χ0n) is 10.2. The Morgan fingerprint density at radius 2 is 2.11 bits per heavy atom. The molecule has 0 radical (unpaired) electrons. The molecule has 2 aromatic rings. The first kappa shape index (κ1) is 13.5. The van der Waals surface area contributed by atoms with E-state index in [1.807, 2.05) is 32.0 Å². The van der Waals surface area contributed by atoms with Crippen molar-refractivity contribution in [1.82, 2.24) is 9.97 Å². The fourth-order valence-electron chi connectivity index (χ4n) is 1.52. The van der Waals surface area contributed by atoms with Crippen LogP contribution in [0.1, 0.15) is 18.3 Å². The van der Waals surface area contributed by atoms with Gasteiger partial charge in [0, 0.05) is 21.2 Å². The lowest BCUT2D eigenvalue weighted by Crippen LogP contribution is -2.03. The molecule has 94 valence electrons. The summed E-state index contributed by atoms with van der Waals surface area (Å²) < 4.78 is 1.17. The Morgan fingerprint density at radius 3 is 2.78 bits per heavy atom. The molecule has 0 saturated heterocycles. The van der Waals surface area contributed by atoms with Gasteiger partial charge >= 0.3 is 0 Å². The van der Waals surface area contributed by atoms with Crippen molar-refractivity contribution < 1.29 is 0 Å². The van der Waals surface area contributed by atoms with Crippen molar-refractivity contribution in [2.45, 2.75) is 20.3 Å². The lowest BCUT2D eigenvalue weighted by molar-refractivity contribution is 0.934. The van der Waals surface area contributed by atoms with Crippen LogP contribution < -0.4 is 5.32 Å². The number of benzene rings is 1. The molecule has 0 fully saturated rings. The molecule has 0 saturated carbocycles. The van der Waals surface area contributed by atoms with Crippen molar-refractivity contribution in [3.05, 3.63) is 44.4 Å². The third-order valence-corrected chi connectivity index (χ3v) is 3.58. The van der Waals surface area contributed by atoms with E-state index in [0.29, 0.717) is 5.15 Å². The molecule has 18 heavy (non-hydrogen) atoms. The van der Waals surface area contributed by atoms with Crippen LogP contribution in [0.15, 0.2) is 24.3 Å². The van der Waals surface area contributed by atoms with Gasteiger partial charge in [-0.3, -0.25) is 0 Å². The largest absolute Gasteiger partial charge is 0.340 e. The molecule has 1 aromatic carbocycles. The number of halogens is 2. The first-order valence-corrected chi connectivity index (χ1v) is 7.11. The van der Waals surface area contributed by atoms with E-state index >= 15 is 0 Å². The van der Waals surface area contributed by atoms with E-state index in [1.165, 1.54) is 3.57 Å². The van der Waals surface area contributed by atoms with Crippen LogP contribution in [0.5, 0.6) is 0 Å². The summed E-state index contributed by atoms with van der Waals surface area (Å²) in [4.78, 5) is 8.69. The zero-order valence-corrected chi connectivity index (χ0v) is 13.1. The minimum Gasteiger partial charge on any atom is -0.340 e. The second kappa shape index (κ2) is 5.84. The van der Waals surface area contributed by atoms with Gasteiger partial charge in [-0.1, -0.05) is 24.6 Å². The van der Waals surface area contributed by atoms with Gasteiger partial charge in [-0.05, 0) is 47.7 Å². The SMILES string of the molecule is CCc1nc(Cl)c(C)c(Nc2cccc(I)c2)n1. The number of hydrogen-bond donors (Lipinski definition) is 1. The van der Waals surface area contributed by atoms with Gasteiger partial charge in [0.05, 0.1) is 0 Å². The highest BCUT2D eigenvalue weighted by atomic mass is 127. The molecule has 1 heterocycles. The summed E-state index contributed by atoms with van der Waals surface area (Å²) in [5.41, 5.74) is 1.87. The van der Waals surface area contributed by atoms with Crippen molar-refractivity contribution in [2.75, 3.05) is 5.32 Å². The van der Waals surface area contributed by atoms with Crippen molar-refractivity contribution in [3.8, 4) is 0 Å². The smallest absolute Gasteiger partial charge is 0.138 e. The molecule has 0 aliphatic carbocycles.